The van der Waals surface area contributed by atoms with E-state index in [-0.39, 0.29) is 18.5 Å². The van der Waals surface area contributed by atoms with Crippen LogP contribution in [0.25, 0.3) is 0 Å². The summed E-state index contributed by atoms with van der Waals surface area (Å²) in [6, 6.07) is 1.54. The highest BCUT2D eigenvalue weighted by atomic mass is 35.5. The summed E-state index contributed by atoms with van der Waals surface area (Å²) in [5, 5.41) is 3.15. The minimum absolute atomic E-state index is 0.00860. The zero-order chi connectivity index (χ0) is 18.8. The highest BCUT2D eigenvalue weighted by Gasteiger charge is 2.34. The molecule has 3 heterocycles. The Hall–Kier alpha value is -2.74. The molecule has 8 nitrogen and oxygen atoms in total. The van der Waals surface area contributed by atoms with E-state index in [0.717, 1.165) is 13.1 Å². The number of hydrogen-bond donors (Lipinski definition) is 1. The van der Waals surface area contributed by atoms with E-state index < -0.39 is 0 Å². The summed E-state index contributed by atoms with van der Waals surface area (Å²) in [6.07, 6.45) is 8.49. The van der Waals surface area contributed by atoms with Gasteiger partial charge in [-0.25, -0.2) is 9.78 Å². The van der Waals surface area contributed by atoms with Gasteiger partial charge in [0, 0.05) is 32.0 Å². The van der Waals surface area contributed by atoms with Crippen molar-refractivity contribution < 1.29 is 9.59 Å². The fourth-order valence-corrected chi connectivity index (χ4v) is 3.14. The fourth-order valence-electron chi connectivity index (χ4n) is 2.96. The minimum Gasteiger partial charge on any atom is -0.346 e. The van der Waals surface area contributed by atoms with Crippen LogP contribution in [-0.4, -0.2) is 51.4 Å². The topological polar surface area (TPSA) is 91.3 Å². The molecule has 0 bridgehead atoms. The SMILES string of the molecule is O=C(NCc1cnc(N2CCN(CC3CC3)C2=O)cn1)c1cncc(Cl)c1. The van der Waals surface area contributed by atoms with Crippen LogP contribution in [-0.2, 0) is 6.54 Å². The van der Waals surface area contributed by atoms with Gasteiger partial charge in [0.1, 0.15) is 0 Å². The maximum Gasteiger partial charge on any atom is 0.325 e. The van der Waals surface area contributed by atoms with E-state index >= 15 is 0 Å². The Labute approximate surface area is 161 Å². The first-order valence-corrected chi connectivity index (χ1v) is 9.24. The van der Waals surface area contributed by atoms with E-state index in [0.29, 0.717) is 34.6 Å². The maximum absolute atomic E-state index is 12.5. The van der Waals surface area contributed by atoms with Crippen LogP contribution in [0.2, 0.25) is 5.02 Å². The van der Waals surface area contributed by atoms with E-state index in [2.05, 4.69) is 20.3 Å². The Bertz CT molecular complexity index is 855. The lowest BCUT2D eigenvalue weighted by molar-refractivity contribution is 0.0950. The molecule has 1 aliphatic carbocycles. The van der Waals surface area contributed by atoms with Crippen molar-refractivity contribution in [2.45, 2.75) is 19.4 Å². The molecule has 2 aliphatic rings. The van der Waals surface area contributed by atoms with Gasteiger partial charge in [-0.3, -0.25) is 19.7 Å². The molecule has 2 aromatic heterocycles. The summed E-state index contributed by atoms with van der Waals surface area (Å²) in [6.45, 7) is 2.41. The van der Waals surface area contributed by atoms with Crippen LogP contribution in [0.3, 0.4) is 0 Å². The summed E-state index contributed by atoms with van der Waals surface area (Å²) in [7, 11) is 0. The van der Waals surface area contributed by atoms with E-state index in [9.17, 15) is 9.59 Å². The molecule has 3 amide bonds. The molecule has 2 aromatic rings. The Morgan fingerprint density at radius 1 is 1.19 bits per heavy atom. The van der Waals surface area contributed by atoms with Crippen LogP contribution in [0.1, 0.15) is 28.9 Å². The molecule has 27 heavy (non-hydrogen) atoms. The van der Waals surface area contributed by atoms with E-state index in [1.165, 1.54) is 25.2 Å². The molecular weight excluding hydrogens is 368 g/mol. The van der Waals surface area contributed by atoms with E-state index in [4.69, 9.17) is 11.6 Å². The third kappa shape index (κ3) is 4.16. The number of amides is 3. The van der Waals surface area contributed by atoms with Gasteiger partial charge in [0.15, 0.2) is 5.82 Å². The van der Waals surface area contributed by atoms with Crippen molar-refractivity contribution in [3.05, 3.63) is 47.1 Å². The Kier molecular flexibility index (Phi) is 4.89. The number of nitrogens with one attached hydrogen (secondary N) is 1. The number of nitrogens with zero attached hydrogens (tertiary/aromatic N) is 5. The molecule has 0 aromatic carbocycles. The molecular formula is C18H19ClN6O2. The van der Waals surface area contributed by atoms with Gasteiger partial charge in [0.05, 0.1) is 35.2 Å². The first kappa shape index (κ1) is 17.7. The summed E-state index contributed by atoms with van der Waals surface area (Å²) >= 11 is 5.84. The predicted molar refractivity (Wildman–Crippen MR) is 99.5 cm³/mol. The van der Waals surface area contributed by atoms with Gasteiger partial charge in [0.25, 0.3) is 5.91 Å². The average Bonchev–Trinajstić information content (AvgIpc) is 3.43. The van der Waals surface area contributed by atoms with Gasteiger partial charge in [-0.05, 0) is 24.8 Å². The minimum atomic E-state index is -0.290. The van der Waals surface area contributed by atoms with Gasteiger partial charge < -0.3 is 10.2 Å². The number of anilines is 1. The van der Waals surface area contributed by atoms with Crippen LogP contribution in [0.15, 0.2) is 30.9 Å². The fraction of sp³-hybridized carbons (Fsp3) is 0.389. The third-order valence-corrected chi connectivity index (χ3v) is 4.84. The summed E-state index contributed by atoms with van der Waals surface area (Å²) < 4.78 is 0. The molecule has 0 unspecified atom stereocenters. The molecule has 0 spiro atoms. The van der Waals surface area contributed by atoms with Gasteiger partial charge in [-0.1, -0.05) is 11.6 Å². The largest absolute Gasteiger partial charge is 0.346 e. The number of urea groups is 1. The monoisotopic (exact) mass is 386 g/mol. The van der Waals surface area contributed by atoms with Crippen LogP contribution < -0.4 is 10.2 Å². The van der Waals surface area contributed by atoms with Crippen LogP contribution in [0, 0.1) is 5.92 Å². The molecule has 0 radical (unpaired) electrons. The second-order valence-corrected chi connectivity index (χ2v) is 7.20. The second kappa shape index (κ2) is 7.48. The molecule has 1 N–H and O–H groups in total. The number of rotatable bonds is 6. The normalized spacial score (nSPS) is 16.7. The lowest BCUT2D eigenvalue weighted by atomic mass is 10.2. The van der Waals surface area contributed by atoms with E-state index in [1.807, 2.05) is 4.90 Å². The zero-order valence-corrected chi connectivity index (χ0v) is 15.4. The van der Waals surface area contributed by atoms with Crippen molar-refractivity contribution in [1.82, 2.24) is 25.2 Å². The number of halogens is 1. The third-order valence-electron chi connectivity index (χ3n) is 4.64. The van der Waals surface area contributed by atoms with Crippen LogP contribution in [0.5, 0.6) is 0 Å². The molecule has 1 saturated carbocycles. The number of aromatic nitrogens is 3. The highest BCUT2D eigenvalue weighted by molar-refractivity contribution is 6.30. The molecule has 140 valence electrons. The Morgan fingerprint density at radius 3 is 2.74 bits per heavy atom. The highest BCUT2D eigenvalue weighted by Crippen LogP contribution is 2.31. The number of pyridine rings is 1. The Morgan fingerprint density at radius 2 is 2.04 bits per heavy atom. The van der Waals surface area contributed by atoms with Gasteiger partial charge >= 0.3 is 6.03 Å². The van der Waals surface area contributed by atoms with Crippen molar-refractivity contribution in [1.29, 1.82) is 0 Å². The van der Waals surface area contributed by atoms with Crippen LogP contribution in [0.4, 0.5) is 10.6 Å². The van der Waals surface area contributed by atoms with Crippen molar-refractivity contribution in [2.24, 2.45) is 5.92 Å². The number of carbonyl (C=O) groups is 2. The molecule has 4 rings (SSSR count). The Balaban J connectivity index is 1.33. The van der Waals surface area contributed by atoms with Crippen molar-refractivity contribution in [2.75, 3.05) is 24.5 Å². The first-order valence-electron chi connectivity index (χ1n) is 8.86. The molecule has 2 fully saturated rings. The molecule has 9 heteroatoms. The zero-order valence-electron chi connectivity index (χ0n) is 14.6. The summed E-state index contributed by atoms with van der Waals surface area (Å²) in [5.41, 5.74) is 0.981. The van der Waals surface area contributed by atoms with Crippen LogP contribution >= 0.6 is 11.6 Å². The van der Waals surface area contributed by atoms with E-state index in [1.54, 1.807) is 23.4 Å². The van der Waals surface area contributed by atoms with Gasteiger partial charge in [-0.15, -0.1) is 0 Å². The predicted octanol–water partition coefficient (Wildman–Crippen LogP) is 2.11. The molecule has 1 aliphatic heterocycles. The standard InChI is InChI=1S/C18H19ClN6O2/c19-14-5-13(6-20-7-14)17(26)23-9-15-8-22-16(10-21-15)25-4-3-24(18(25)27)11-12-1-2-12/h5-8,10,12H,1-4,9,11H2,(H,23,26). The summed E-state index contributed by atoms with van der Waals surface area (Å²) in [5.74, 6) is 0.911. The second-order valence-electron chi connectivity index (χ2n) is 6.76. The van der Waals surface area contributed by atoms with Crippen molar-refractivity contribution in [3.8, 4) is 0 Å². The molecule has 1 saturated heterocycles. The number of carbonyl (C=O) groups excluding carboxylic acids is 2. The number of hydrogen-bond acceptors (Lipinski definition) is 5. The average molecular weight is 387 g/mol. The van der Waals surface area contributed by atoms with Gasteiger partial charge in [-0.2, -0.15) is 0 Å². The quantitative estimate of drug-likeness (QED) is 0.820. The van der Waals surface area contributed by atoms with Gasteiger partial charge in [0.2, 0.25) is 0 Å². The smallest absolute Gasteiger partial charge is 0.325 e. The van der Waals surface area contributed by atoms with Crippen molar-refractivity contribution >= 4 is 29.4 Å². The summed E-state index contributed by atoms with van der Waals surface area (Å²) in [4.78, 5) is 40.6. The van der Waals surface area contributed by atoms with Crippen molar-refractivity contribution in [3.63, 3.8) is 0 Å². The first-order chi connectivity index (χ1) is 13.1. The lowest BCUT2D eigenvalue weighted by Crippen LogP contribution is -2.33. The molecule has 0 atom stereocenters. The lowest BCUT2D eigenvalue weighted by Gasteiger charge is -2.17. The maximum atomic E-state index is 12.5.